The fourth-order valence-electron chi connectivity index (χ4n) is 4.81. The Morgan fingerprint density at radius 1 is 0.903 bits per heavy atom. The minimum atomic E-state index is -1.08. The largest absolute Gasteiger partial charge is 0.307 e. The van der Waals surface area contributed by atoms with Gasteiger partial charge < -0.3 is 9.80 Å². The molecule has 3 aromatic carbocycles. The van der Waals surface area contributed by atoms with E-state index in [4.69, 9.17) is 11.6 Å². The normalized spacial score (nSPS) is 20.3. The molecule has 1 atom stereocenters. The lowest BCUT2D eigenvalue weighted by atomic mass is 9.88. The molecule has 2 amide bonds. The van der Waals surface area contributed by atoms with Crippen molar-refractivity contribution in [3.63, 3.8) is 0 Å². The molecule has 5 rings (SSSR count). The minimum absolute atomic E-state index is 0.0932. The maximum Gasteiger partial charge on any atom is 0.256 e. The molecular formula is C25H20ClFN2O2. The first-order valence-corrected chi connectivity index (χ1v) is 10.7. The number of nitrogens with zero attached hydrogens (tertiary/aromatic N) is 2. The summed E-state index contributed by atoms with van der Waals surface area (Å²) in [6, 6.07) is 20.3. The smallest absolute Gasteiger partial charge is 0.256 e. The highest BCUT2D eigenvalue weighted by Gasteiger charge is 2.56. The lowest BCUT2D eigenvalue weighted by molar-refractivity contribution is 0.00609. The third kappa shape index (κ3) is 2.95. The molecule has 0 spiro atoms. The number of carbonyl (C=O) groups excluding carboxylic acids is 2. The highest BCUT2D eigenvalue weighted by atomic mass is 35.5. The van der Waals surface area contributed by atoms with E-state index in [-0.39, 0.29) is 11.8 Å². The Labute approximate surface area is 184 Å². The van der Waals surface area contributed by atoms with Crippen LogP contribution >= 0.6 is 11.6 Å². The number of carbonyl (C=O) groups is 2. The molecule has 2 aliphatic rings. The number of rotatable bonds is 2. The second-order valence-corrected chi connectivity index (χ2v) is 8.29. The van der Waals surface area contributed by atoms with E-state index in [1.807, 2.05) is 36.4 Å². The van der Waals surface area contributed by atoms with Crippen molar-refractivity contribution in [3.05, 3.63) is 106 Å². The van der Waals surface area contributed by atoms with Crippen molar-refractivity contribution >= 4 is 23.4 Å². The number of hydrogen-bond acceptors (Lipinski definition) is 2. The molecule has 1 unspecified atom stereocenters. The number of benzene rings is 3. The molecule has 31 heavy (non-hydrogen) atoms. The summed E-state index contributed by atoms with van der Waals surface area (Å²) in [7, 11) is 0. The van der Waals surface area contributed by atoms with Crippen LogP contribution in [0.2, 0.25) is 5.02 Å². The average molecular weight is 435 g/mol. The van der Waals surface area contributed by atoms with Gasteiger partial charge in [0.15, 0.2) is 5.66 Å². The lowest BCUT2D eigenvalue weighted by Crippen LogP contribution is -2.58. The molecule has 156 valence electrons. The molecule has 2 aliphatic heterocycles. The van der Waals surface area contributed by atoms with Crippen LogP contribution in [0.4, 0.5) is 4.39 Å². The summed E-state index contributed by atoms with van der Waals surface area (Å²) < 4.78 is 13.5. The molecule has 0 aliphatic carbocycles. The van der Waals surface area contributed by atoms with Gasteiger partial charge in [0, 0.05) is 40.4 Å². The number of halogens is 2. The molecule has 1 saturated heterocycles. The molecule has 0 saturated carbocycles. The second kappa shape index (κ2) is 7.50. The van der Waals surface area contributed by atoms with Gasteiger partial charge in [0.2, 0.25) is 0 Å². The molecule has 2 heterocycles. The van der Waals surface area contributed by atoms with Gasteiger partial charge in [0.1, 0.15) is 5.82 Å². The van der Waals surface area contributed by atoms with Crippen LogP contribution in [0.25, 0.3) is 0 Å². The van der Waals surface area contributed by atoms with Crippen molar-refractivity contribution in [3.8, 4) is 0 Å². The third-order valence-electron chi connectivity index (χ3n) is 6.16. The van der Waals surface area contributed by atoms with E-state index < -0.39 is 11.5 Å². The number of fused-ring (bicyclic) bond motifs is 3. The fraction of sp³-hybridized carbons (Fsp3) is 0.200. The number of amides is 2. The quantitative estimate of drug-likeness (QED) is 0.564. The van der Waals surface area contributed by atoms with E-state index in [2.05, 4.69) is 0 Å². The summed E-state index contributed by atoms with van der Waals surface area (Å²) in [5, 5.41) is 0.578. The first-order valence-electron chi connectivity index (χ1n) is 10.3. The average Bonchev–Trinajstić information content (AvgIpc) is 2.91. The summed E-state index contributed by atoms with van der Waals surface area (Å²) in [4.78, 5) is 30.9. The highest BCUT2D eigenvalue weighted by Crippen LogP contribution is 2.48. The molecular weight excluding hydrogens is 415 g/mol. The Morgan fingerprint density at radius 2 is 1.58 bits per heavy atom. The van der Waals surface area contributed by atoms with Gasteiger partial charge in [-0.3, -0.25) is 9.59 Å². The van der Waals surface area contributed by atoms with Gasteiger partial charge in [0.25, 0.3) is 11.8 Å². The van der Waals surface area contributed by atoms with Crippen molar-refractivity contribution < 1.29 is 14.0 Å². The van der Waals surface area contributed by atoms with Crippen LogP contribution in [0.15, 0.2) is 72.8 Å². The Hall–Kier alpha value is -3.18. The number of hydrogen-bond donors (Lipinski definition) is 0. The van der Waals surface area contributed by atoms with E-state index >= 15 is 0 Å². The first-order chi connectivity index (χ1) is 15.0. The van der Waals surface area contributed by atoms with Crippen LogP contribution in [0, 0.1) is 5.82 Å². The van der Waals surface area contributed by atoms with Gasteiger partial charge in [-0.25, -0.2) is 4.39 Å². The Kier molecular flexibility index (Phi) is 4.78. The van der Waals surface area contributed by atoms with Crippen LogP contribution < -0.4 is 0 Å². The van der Waals surface area contributed by atoms with Gasteiger partial charge in [-0.05, 0) is 55.3 Å². The molecule has 4 nitrogen and oxygen atoms in total. The summed E-state index contributed by atoms with van der Waals surface area (Å²) in [5.74, 6) is -0.737. The van der Waals surface area contributed by atoms with Crippen molar-refractivity contribution in [2.75, 3.05) is 13.1 Å². The van der Waals surface area contributed by atoms with Crippen molar-refractivity contribution in [2.45, 2.75) is 18.5 Å². The summed E-state index contributed by atoms with van der Waals surface area (Å²) in [6.07, 6.45) is 1.54. The zero-order valence-corrected chi connectivity index (χ0v) is 17.5. The molecule has 1 fully saturated rings. The second-order valence-electron chi connectivity index (χ2n) is 7.85. The van der Waals surface area contributed by atoms with Crippen LogP contribution in [0.5, 0.6) is 0 Å². The topological polar surface area (TPSA) is 40.6 Å². The molecule has 0 bridgehead atoms. The van der Waals surface area contributed by atoms with E-state index in [0.29, 0.717) is 29.2 Å². The molecule has 3 aromatic rings. The van der Waals surface area contributed by atoms with Crippen LogP contribution in [-0.2, 0) is 5.66 Å². The zero-order chi connectivity index (χ0) is 21.6. The fourth-order valence-corrected chi connectivity index (χ4v) is 4.94. The van der Waals surface area contributed by atoms with Gasteiger partial charge in [-0.15, -0.1) is 0 Å². The van der Waals surface area contributed by atoms with E-state index in [1.54, 1.807) is 21.9 Å². The van der Waals surface area contributed by atoms with Gasteiger partial charge in [-0.2, -0.15) is 0 Å². The summed E-state index contributed by atoms with van der Waals surface area (Å²) in [5.41, 5.74) is 1.47. The molecule has 0 aromatic heterocycles. The van der Waals surface area contributed by atoms with E-state index in [1.165, 1.54) is 24.3 Å². The van der Waals surface area contributed by atoms with E-state index in [9.17, 15) is 14.0 Å². The Balaban J connectivity index is 1.78. The Bertz CT molecular complexity index is 1160. The monoisotopic (exact) mass is 434 g/mol. The van der Waals surface area contributed by atoms with Crippen molar-refractivity contribution in [1.82, 2.24) is 9.80 Å². The third-order valence-corrected chi connectivity index (χ3v) is 6.41. The van der Waals surface area contributed by atoms with Crippen LogP contribution in [-0.4, -0.2) is 34.7 Å². The van der Waals surface area contributed by atoms with Gasteiger partial charge in [0.05, 0.1) is 0 Å². The molecule has 6 heteroatoms. The standard InChI is InChI=1S/C25H20ClFN2O2/c26-19-11-9-18(10-12-19)25-22-6-2-1-5-21(22)24(31)29(25)16-4-3-15-28(25)23(30)17-7-13-20(27)14-8-17/h1-2,5-14H,3-4,15-16H2. The van der Waals surface area contributed by atoms with Gasteiger partial charge in [-0.1, -0.05) is 41.9 Å². The Morgan fingerprint density at radius 3 is 2.32 bits per heavy atom. The summed E-state index contributed by atoms with van der Waals surface area (Å²) >= 11 is 6.17. The highest BCUT2D eigenvalue weighted by molar-refractivity contribution is 6.30. The van der Waals surface area contributed by atoms with Crippen molar-refractivity contribution in [2.24, 2.45) is 0 Å². The molecule has 0 radical (unpaired) electrons. The maximum atomic E-state index is 13.8. The predicted octanol–water partition coefficient (Wildman–Crippen LogP) is 5.07. The van der Waals surface area contributed by atoms with Crippen LogP contribution in [0.3, 0.4) is 0 Å². The maximum absolute atomic E-state index is 13.8. The van der Waals surface area contributed by atoms with Gasteiger partial charge >= 0.3 is 0 Å². The van der Waals surface area contributed by atoms with Crippen LogP contribution in [0.1, 0.15) is 44.7 Å². The van der Waals surface area contributed by atoms with Crippen molar-refractivity contribution in [1.29, 1.82) is 0 Å². The lowest BCUT2D eigenvalue weighted by Gasteiger charge is -2.46. The van der Waals surface area contributed by atoms with E-state index in [0.717, 1.165) is 24.0 Å². The summed E-state index contributed by atoms with van der Waals surface area (Å²) in [6.45, 7) is 1.00. The minimum Gasteiger partial charge on any atom is -0.307 e. The SMILES string of the molecule is O=C(c1ccc(F)cc1)N1CCCCN2C(=O)c3ccccc3C12c1ccc(Cl)cc1. The molecule has 0 N–H and O–H groups in total. The first kappa shape index (κ1) is 19.8. The zero-order valence-electron chi connectivity index (χ0n) is 16.7. The predicted molar refractivity (Wildman–Crippen MR) is 116 cm³/mol.